The Morgan fingerprint density at radius 1 is 1.08 bits per heavy atom. The molecule has 1 N–H and O–H groups in total. The zero-order valence-corrected chi connectivity index (χ0v) is 15.0. The summed E-state index contributed by atoms with van der Waals surface area (Å²) in [6, 6.07) is 17.0. The van der Waals surface area contributed by atoms with E-state index in [1.807, 2.05) is 66.4 Å². The lowest BCUT2D eigenvalue weighted by molar-refractivity contribution is -0.124. The Morgan fingerprint density at radius 3 is 2.50 bits per heavy atom. The number of aryl methyl sites for hydroxylation is 1. The first-order valence-corrected chi connectivity index (χ1v) is 8.95. The number of hydrogen-bond donors (Lipinski definition) is 1. The highest BCUT2D eigenvalue weighted by Crippen LogP contribution is 2.15. The van der Waals surface area contributed by atoms with Gasteiger partial charge in [-0.3, -0.25) is 9.59 Å². The van der Waals surface area contributed by atoms with Gasteiger partial charge in [-0.15, -0.1) is 0 Å². The number of carbonyl (C=O) groups is 2. The first-order valence-electron chi connectivity index (χ1n) is 8.95. The van der Waals surface area contributed by atoms with Crippen LogP contribution in [0.1, 0.15) is 28.8 Å². The summed E-state index contributed by atoms with van der Waals surface area (Å²) in [5.74, 6) is 0.615. The number of hydrogen-bond acceptors (Lipinski definition) is 3. The number of carbonyl (C=O) groups excluding carboxylic acids is 2. The zero-order valence-electron chi connectivity index (χ0n) is 15.0. The van der Waals surface area contributed by atoms with Crippen molar-refractivity contribution >= 4 is 11.8 Å². The Labute approximate surface area is 154 Å². The van der Waals surface area contributed by atoms with E-state index in [4.69, 9.17) is 4.74 Å². The zero-order chi connectivity index (χ0) is 18.4. The lowest BCUT2D eigenvalue weighted by Crippen LogP contribution is -2.47. The molecule has 1 heterocycles. The van der Waals surface area contributed by atoms with Gasteiger partial charge in [0.05, 0.1) is 0 Å². The smallest absolute Gasteiger partial charge is 0.258 e. The third kappa shape index (κ3) is 4.85. The van der Waals surface area contributed by atoms with Crippen molar-refractivity contribution in [2.24, 2.45) is 0 Å². The Morgan fingerprint density at radius 2 is 1.81 bits per heavy atom. The molecule has 1 fully saturated rings. The maximum absolute atomic E-state index is 12.6. The minimum atomic E-state index is -0.127. The fraction of sp³-hybridized carbons (Fsp3) is 0.333. The second-order valence-electron chi connectivity index (χ2n) is 6.61. The molecular weight excluding hydrogens is 328 g/mol. The molecule has 2 aromatic rings. The van der Waals surface area contributed by atoms with Crippen LogP contribution in [0.5, 0.6) is 5.75 Å². The number of piperidine rings is 1. The van der Waals surface area contributed by atoms with E-state index in [-0.39, 0.29) is 24.5 Å². The topological polar surface area (TPSA) is 58.6 Å². The largest absolute Gasteiger partial charge is 0.484 e. The summed E-state index contributed by atoms with van der Waals surface area (Å²) in [4.78, 5) is 26.5. The van der Waals surface area contributed by atoms with Crippen LogP contribution in [-0.2, 0) is 4.79 Å². The Balaban J connectivity index is 1.43. The summed E-state index contributed by atoms with van der Waals surface area (Å²) in [7, 11) is 0. The van der Waals surface area contributed by atoms with Crippen LogP contribution in [0.15, 0.2) is 54.6 Å². The molecule has 0 spiro atoms. The van der Waals surface area contributed by atoms with Gasteiger partial charge in [0.1, 0.15) is 5.75 Å². The highest BCUT2D eigenvalue weighted by molar-refractivity contribution is 5.94. The van der Waals surface area contributed by atoms with Gasteiger partial charge in [0.25, 0.3) is 11.8 Å². The van der Waals surface area contributed by atoms with E-state index in [1.54, 1.807) is 0 Å². The van der Waals surface area contributed by atoms with E-state index in [0.717, 1.165) is 24.0 Å². The summed E-state index contributed by atoms with van der Waals surface area (Å²) in [5.41, 5.74) is 1.81. The van der Waals surface area contributed by atoms with E-state index in [1.165, 1.54) is 0 Å². The van der Waals surface area contributed by atoms with Crippen molar-refractivity contribution in [3.63, 3.8) is 0 Å². The van der Waals surface area contributed by atoms with E-state index in [0.29, 0.717) is 18.8 Å². The molecule has 0 atom stereocenters. The Bertz CT molecular complexity index is 753. The van der Waals surface area contributed by atoms with Gasteiger partial charge in [-0.1, -0.05) is 35.9 Å². The molecule has 0 bridgehead atoms. The minimum Gasteiger partial charge on any atom is -0.484 e. The Kier molecular flexibility index (Phi) is 5.89. The molecule has 26 heavy (non-hydrogen) atoms. The summed E-state index contributed by atoms with van der Waals surface area (Å²) < 4.78 is 5.46. The van der Waals surface area contributed by atoms with Gasteiger partial charge in [0.15, 0.2) is 6.61 Å². The summed E-state index contributed by atoms with van der Waals surface area (Å²) >= 11 is 0. The molecule has 1 aliphatic heterocycles. The van der Waals surface area contributed by atoms with Crippen molar-refractivity contribution in [1.29, 1.82) is 0 Å². The van der Waals surface area contributed by atoms with Crippen LogP contribution in [0, 0.1) is 6.92 Å². The number of likely N-dealkylation sites (tertiary alicyclic amines) is 1. The highest BCUT2D eigenvalue weighted by atomic mass is 16.5. The van der Waals surface area contributed by atoms with Crippen LogP contribution in [0.2, 0.25) is 0 Å². The predicted molar refractivity (Wildman–Crippen MR) is 100 cm³/mol. The molecule has 1 saturated heterocycles. The van der Waals surface area contributed by atoms with Crippen molar-refractivity contribution in [2.45, 2.75) is 25.8 Å². The normalized spacial score (nSPS) is 14.7. The third-order valence-electron chi connectivity index (χ3n) is 4.53. The van der Waals surface area contributed by atoms with Gasteiger partial charge in [-0.2, -0.15) is 0 Å². The van der Waals surface area contributed by atoms with Crippen molar-refractivity contribution in [2.75, 3.05) is 19.7 Å². The average molecular weight is 352 g/mol. The van der Waals surface area contributed by atoms with Crippen LogP contribution in [0.25, 0.3) is 0 Å². The molecule has 3 rings (SSSR count). The van der Waals surface area contributed by atoms with Crippen LogP contribution in [-0.4, -0.2) is 42.5 Å². The molecule has 2 aromatic carbocycles. The molecule has 5 heteroatoms. The lowest BCUT2D eigenvalue weighted by atomic mass is 10.0. The first kappa shape index (κ1) is 18.0. The van der Waals surface area contributed by atoms with Crippen molar-refractivity contribution in [1.82, 2.24) is 10.2 Å². The van der Waals surface area contributed by atoms with Gasteiger partial charge in [0, 0.05) is 24.7 Å². The highest BCUT2D eigenvalue weighted by Gasteiger charge is 2.24. The van der Waals surface area contributed by atoms with E-state index >= 15 is 0 Å². The monoisotopic (exact) mass is 352 g/mol. The third-order valence-corrected chi connectivity index (χ3v) is 4.53. The second-order valence-corrected chi connectivity index (χ2v) is 6.61. The van der Waals surface area contributed by atoms with E-state index in [9.17, 15) is 9.59 Å². The van der Waals surface area contributed by atoms with Crippen LogP contribution >= 0.6 is 0 Å². The lowest BCUT2D eigenvalue weighted by Gasteiger charge is -2.32. The standard InChI is InChI=1S/C21H24N2O3/c1-16-6-5-7-17(14-16)21(25)23-12-10-18(11-13-23)22-20(24)15-26-19-8-3-2-4-9-19/h2-9,14,18H,10-13,15H2,1H3,(H,22,24). The van der Waals surface area contributed by atoms with Gasteiger partial charge < -0.3 is 15.0 Å². The number of para-hydroxylation sites is 1. The molecule has 2 amide bonds. The van der Waals surface area contributed by atoms with Gasteiger partial charge in [-0.05, 0) is 44.0 Å². The number of amides is 2. The quantitative estimate of drug-likeness (QED) is 0.900. The molecule has 0 unspecified atom stereocenters. The number of nitrogens with zero attached hydrogens (tertiary/aromatic N) is 1. The number of rotatable bonds is 5. The first-order chi connectivity index (χ1) is 12.6. The number of ether oxygens (including phenoxy) is 1. The van der Waals surface area contributed by atoms with Crippen LogP contribution in [0.3, 0.4) is 0 Å². The SMILES string of the molecule is Cc1cccc(C(=O)N2CCC(NC(=O)COc3ccccc3)CC2)c1. The summed E-state index contributed by atoms with van der Waals surface area (Å²) in [5, 5.41) is 3.00. The van der Waals surface area contributed by atoms with Crippen molar-refractivity contribution in [3.8, 4) is 5.75 Å². The maximum Gasteiger partial charge on any atom is 0.258 e. The maximum atomic E-state index is 12.6. The predicted octanol–water partition coefficient (Wildman–Crippen LogP) is 2.79. The molecule has 0 saturated carbocycles. The summed E-state index contributed by atoms with van der Waals surface area (Å²) in [6.07, 6.45) is 1.52. The van der Waals surface area contributed by atoms with Crippen LogP contribution in [0.4, 0.5) is 0 Å². The Hall–Kier alpha value is -2.82. The molecule has 0 radical (unpaired) electrons. The average Bonchev–Trinajstić information content (AvgIpc) is 2.67. The molecular formula is C21H24N2O3. The van der Waals surface area contributed by atoms with Crippen molar-refractivity contribution < 1.29 is 14.3 Å². The van der Waals surface area contributed by atoms with E-state index in [2.05, 4.69) is 5.32 Å². The fourth-order valence-electron chi connectivity index (χ4n) is 3.12. The van der Waals surface area contributed by atoms with E-state index < -0.39 is 0 Å². The molecule has 1 aliphatic rings. The molecule has 0 aliphatic carbocycles. The minimum absolute atomic E-state index is 0.00640. The fourth-order valence-corrected chi connectivity index (χ4v) is 3.12. The summed E-state index contributed by atoms with van der Waals surface area (Å²) in [6.45, 7) is 3.29. The van der Waals surface area contributed by atoms with Crippen LogP contribution < -0.4 is 10.1 Å². The van der Waals surface area contributed by atoms with Crippen molar-refractivity contribution in [3.05, 3.63) is 65.7 Å². The molecule has 0 aromatic heterocycles. The number of nitrogens with one attached hydrogen (secondary N) is 1. The molecule has 136 valence electrons. The van der Waals surface area contributed by atoms with Gasteiger partial charge in [-0.25, -0.2) is 0 Å². The van der Waals surface area contributed by atoms with Gasteiger partial charge in [0.2, 0.25) is 0 Å². The second kappa shape index (κ2) is 8.52. The number of benzene rings is 2. The van der Waals surface area contributed by atoms with Gasteiger partial charge >= 0.3 is 0 Å². The molecule has 5 nitrogen and oxygen atoms in total.